The average Bonchev–Trinajstić information content (AvgIpc) is 2.49. The van der Waals surface area contributed by atoms with Gasteiger partial charge in [-0.1, -0.05) is 39.8 Å². The summed E-state index contributed by atoms with van der Waals surface area (Å²) in [5.74, 6) is 1.83. The zero-order chi connectivity index (χ0) is 17.6. The quantitative estimate of drug-likeness (QED) is 0.690. The molecule has 1 aliphatic heterocycles. The van der Waals surface area contributed by atoms with E-state index in [2.05, 4.69) is 57.7 Å². The minimum Gasteiger partial charge on any atom is -0.491 e. The van der Waals surface area contributed by atoms with Crippen LogP contribution in [-0.4, -0.2) is 44.4 Å². The van der Waals surface area contributed by atoms with Gasteiger partial charge in [0.2, 0.25) is 0 Å². The molecule has 1 heterocycles. The van der Waals surface area contributed by atoms with Crippen molar-refractivity contribution >= 4 is 0 Å². The molecule has 1 aliphatic rings. The van der Waals surface area contributed by atoms with E-state index in [1.165, 1.54) is 37.1 Å². The van der Waals surface area contributed by atoms with Crippen LogP contribution < -0.4 is 4.74 Å². The predicted octanol–water partition coefficient (Wildman–Crippen LogP) is 4.42. The lowest BCUT2D eigenvalue weighted by Gasteiger charge is -2.30. The Morgan fingerprint density at radius 2 is 1.96 bits per heavy atom. The zero-order valence-electron chi connectivity index (χ0n) is 16.2. The largest absolute Gasteiger partial charge is 0.491 e. The van der Waals surface area contributed by atoms with Gasteiger partial charge in [-0.15, -0.1) is 0 Å². The number of aryl methyl sites for hydroxylation is 1. The molecule has 3 nitrogen and oxygen atoms in total. The van der Waals surface area contributed by atoms with Crippen LogP contribution in [0, 0.1) is 12.8 Å². The van der Waals surface area contributed by atoms with Gasteiger partial charge in [0.1, 0.15) is 12.4 Å². The molecule has 0 bridgehead atoms. The van der Waals surface area contributed by atoms with Gasteiger partial charge in [-0.25, -0.2) is 0 Å². The topological polar surface area (TPSA) is 21.7 Å². The van der Waals surface area contributed by atoms with Crippen molar-refractivity contribution in [3.05, 3.63) is 29.3 Å². The first-order valence-electron chi connectivity index (χ1n) is 9.40. The highest BCUT2D eigenvalue weighted by atomic mass is 16.5. The normalized spacial score (nSPS) is 19.5. The van der Waals surface area contributed by atoms with Gasteiger partial charge in [0.25, 0.3) is 0 Å². The third-order valence-electron chi connectivity index (χ3n) is 4.72. The van der Waals surface area contributed by atoms with E-state index in [0.29, 0.717) is 13.2 Å². The second-order valence-electron chi connectivity index (χ2n) is 8.26. The van der Waals surface area contributed by atoms with Crippen molar-refractivity contribution in [2.24, 2.45) is 5.92 Å². The molecule has 0 aromatic heterocycles. The third kappa shape index (κ3) is 6.10. The Bertz CT molecular complexity index is 507. The van der Waals surface area contributed by atoms with E-state index < -0.39 is 0 Å². The molecule has 1 aromatic rings. The SMILES string of the molecule is Cc1ccc(C(C)(C)C)c(OCCOCCN2CCCC(C)C2)c1. The first-order chi connectivity index (χ1) is 11.4. The van der Waals surface area contributed by atoms with Gasteiger partial charge < -0.3 is 14.4 Å². The van der Waals surface area contributed by atoms with Crippen LogP contribution in [-0.2, 0) is 10.2 Å². The monoisotopic (exact) mass is 333 g/mol. The molecule has 1 fully saturated rings. The number of likely N-dealkylation sites (tertiary alicyclic amines) is 1. The third-order valence-corrected chi connectivity index (χ3v) is 4.72. The first kappa shape index (κ1) is 19.3. The van der Waals surface area contributed by atoms with Crippen LogP contribution in [0.25, 0.3) is 0 Å². The van der Waals surface area contributed by atoms with E-state index in [0.717, 1.165) is 24.8 Å². The minimum atomic E-state index is 0.0921. The molecule has 0 N–H and O–H groups in total. The second-order valence-corrected chi connectivity index (χ2v) is 8.26. The lowest BCUT2D eigenvalue weighted by molar-refractivity contribution is 0.0685. The van der Waals surface area contributed by atoms with E-state index in [1.54, 1.807) is 0 Å². The summed E-state index contributed by atoms with van der Waals surface area (Å²) in [6, 6.07) is 6.47. The summed E-state index contributed by atoms with van der Waals surface area (Å²) in [6.07, 6.45) is 2.70. The Labute approximate surface area is 148 Å². The molecular formula is C21H35NO2. The average molecular weight is 334 g/mol. The number of nitrogens with zero attached hydrogens (tertiary/aromatic N) is 1. The van der Waals surface area contributed by atoms with Crippen molar-refractivity contribution < 1.29 is 9.47 Å². The van der Waals surface area contributed by atoms with E-state index in [-0.39, 0.29) is 5.41 Å². The Hall–Kier alpha value is -1.06. The van der Waals surface area contributed by atoms with Gasteiger partial charge in [0.05, 0.1) is 13.2 Å². The molecule has 0 saturated carbocycles. The van der Waals surface area contributed by atoms with Crippen LogP contribution in [0.15, 0.2) is 18.2 Å². The number of hydrogen-bond donors (Lipinski definition) is 0. The molecule has 0 radical (unpaired) electrons. The summed E-state index contributed by atoms with van der Waals surface area (Å²) in [4.78, 5) is 2.52. The van der Waals surface area contributed by atoms with Crippen molar-refractivity contribution in [3.63, 3.8) is 0 Å². The van der Waals surface area contributed by atoms with Crippen LogP contribution in [0.2, 0.25) is 0 Å². The highest BCUT2D eigenvalue weighted by Crippen LogP contribution is 2.32. The highest BCUT2D eigenvalue weighted by Gasteiger charge is 2.19. The maximum Gasteiger partial charge on any atom is 0.123 e. The fraction of sp³-hybridized carbons (Fsp3) is 0.714. The van der Waals surface area contributed by atoms with Gasteiger partial charge >= 0.3 is 0 Å². The van der Waals surface area contributed by atoms with Crippen LogP contribution in [0.4, 0.5) is 0 Å². The van der Waals surface area contributed by atoms with Crippen LogP contribution in [0.3, 0.4) is 0 Å². The Morgan fingerprint density at radius 1 is 1.17 bits per heavy atom. The van der Waals surface area contributed by atoms with Crippen molar-refractivity contribution in [1.82, 2.24) is 4.90 Å². The Morgan fingerprint density at radius 3 is 2.67 bits per heavy atom. The molecule has 3 heteroatoms. The summed E-state index contributed by atoms with van der Waals surface area (Å²) in [7, 11) is 0. The zero-order valence-corrected chi connectivity index (χ0v) is 16.2. The van der Waals surface area contributed by atoms with E-state index in [1.807, 2.05) is 0 Å². The van der Waals surface area contributed by atoms with Gasteiger partial charge in [0, 0.05) is 13.1 Å². The highest BCUT2D eigenvalue weighted by molar-refractivity contribution is 5.41. The Kier molecular flexibility index (Phi) is 7.12. The Balaban J connectivity index is 1.70. The van der Waals surface area contributed by atoms with Crippen LogP contribution >= 0.6 is 0 Å². The summed E-state index contributed by atoms with van der Waals surface area (Å²) in [5, 5.41) is 0. The van der Waals surface area contributed by atoms with E-state index in [9.17, 15) is 0 Å². The van der Waals surface area contributed by atoms with Gasteiger partial charge in [-0.3, -0.25) is 0 Å². The van der Waals surface area contributed by atoms with Crippen molar-refractivity contribution in [2.45, 2.75) is 52.9 Å². The van der Waals surface area contributed by atoms with Crippen LogP contribution in [0.1, 0.15) is 51.7 Å². The predicted molar refractivity (Wildman–Crippen MR) is 101 cm³/mol. The molecule has 1 atom stereocenters. The van der Waals surface area contributed by atoms with Crippen molar-refractivity contribution in [2.75, 3.05) is 39.5 Å². The lowest BCUT2D eigenvalue weighted by Crippen LogP contribution is -2.36. The summed E-state index contributed by atoms with van der Waals surface area (Å²) in [5.41, 5.74) is 2.59. The molecule has 1 unspecified atom stereocenters. The van der Waals surface area contributed by atoms with Crippen molar-refractivity contribution in [1.29, 1.82) is 0 Å². The summed E-state index contributed by atoms with van der Waals surface area (Å²) >= 11 is 0. The molecule has 0 amide bonds. The summed E-state index contributed by atoms with van der Waals surface area (Å²) in [6.45, 7) is 16.7. The molecule has 0 aliphatic carbocycles. The number of hydrogen-bond acceptors (Lipinski definition) is 3. The van der Waals surface area contributed by atoms with Crippen molar-refractivity contribution in [3.8, 4) is 5.75 Å². The van der Waals surface area contributed by atoms with E-state index in [4.69, 9.17) is 9.47 Å². The molecule has 2 rings (SSSR count). The standard InChI is InChI=1S/C21H35NO2/c1-17-8-9-19(21(3,4)5)20(15-17)24-14-13-23-12-11-22-10-6-7-18(2)16-22/h8-9,15,18H,6-7,10-14,16H2,1-5H3. The van der Waals surface area contributed by atoms with Gasteiger partial charge in [-0.2, -0.15) is 0 Å². The lowest BCUT2D eigenvalue weighted by atomic mass is 9.86. The maximum absolute atomic E-state index is 6.01. The molecule has 24 heavy (non-hydrogen) atoms. The number of rotatable bonds is 7. The van der Waals surface area contributed by atoms with Gasteiger partial charge in [0.15, 0.2) is 0 Å². The fourth-order valence-electron chi connectivity index (χ4n) is 3.36. The fourth-order valence-corrected chi connectivity index (χ4v) is 3.36. The number of benzene rings is 1. The summed E-state index contributed by atoms with van der Waals surface area (Å²) < 4.78 is 11.8. The smallest absolute Gasteiger partial charge is 0.123 e. The second kappa shape index (κ2) is 8.87. The molecule has 0 spiro atoms. The number of piperidine rings is 1. The molecule has 136 valence electrons. The van der Waals surface area contributed by atoms with Crippen LogP contribution in [0.5, 0.6) is 5.75 Å². The number of ether oxygens (including phenoxy) is 2. The molecule has 1 aromatic carbocycles. The van der Waals surface area contributed by atoms with Gasteiger partial charge in [-0.05, 0) is 54.8 Å². The molecular weight excluding hydrogens is 298 g/mol. The van der Waals surface area contributed by atoms with E-state index >= 15 is 0 Å². The first-order valence-corrected chi connectivity index (χ1v) is 9.40. The maximum atomic E-state index is 6.01. The minimum absolute atomic E-state index is 0.0921. The molecule has 1 saturated heterocycles.